The van der Waals surface area contributed by atoms with Crippen LogP contribution >= 0.6 is 0 Å². The maximum absolute atomic E-state index is 5.88. The Bertz CT molecular complexity index is 150. The second-order valence-corrected chi connectivity index (χ2v) is 4.28. The van der Waals surface area contributed by atoms with Crippen LogP contribution in [0.4, 0.5) is 0 Å². The molecule has 1 aliphatic carbocycles. The van der Waals surface area contributed by atoms with Gasteiger partial charge in [0.25, 0.3) is 0 Å². The van der Waals surface area contributed by atoms with Crippen molar-refractivity contribution in [2.45, 2.75) is 39.7 Å². The van der Waals surface area contributed by atoms with Crippen molar-refractivity contribution in [2.24, 2.45) is 23.5 Å². The molecule has 2 N–H and O–H groups in total. The number of allylic oxidation sites excluding steroid dienone is 2. The first-order valence-corrected chi connectivity index (χ1v) is 5.03. The van der Waals surface area contributed by atoms with Gasteiger partial charge in [-0.25, -0.2) is 0 Å². The van der Waals surface area contributed by atoms with E-state index in [0.29, 0.717) is 12.0 Å². The van der Waals surface area contributed by atoms with Gasteiger partial charge in [0, 0.05) is 6.04 Å². The largest absolute Gasteiger partial charge is 0.328 e. The van der Waals surface area contributed by atoms with Gasteiger partial charge in [0.15, 0.2) is 0 Å². The minimum atomic E-state index is 0.334. The van der Waals surface area contributed by atoms with Crippen molar-refractivity contribution in [3.8, 4) is 0 Å². The Labute approximate surface area is 76.0 Å². The second kappa shape index (κ2) is 4.08. The van der Waals surface area contributed by atoms with Gasteiger partial charge in [0.2, 0.25) is 0 Å². The van der Waals surface area contributed by atoms with Crippen LogP contribution in [0.1, 0.15) is 33.6 Å². The molecule has 0 heterocycles. The first-order valence-electron chi connectivity index (χ1n) is 5.03. The first kappa shape index (κ1) is 9.79. The van der Waals surface area contributed by atoms with E-state index in [9.17, 15) is 0 Å². The Kier molecular flexibility index (Phi) is 3.33. The summed E-state index contributed by atoms with van der Waals surface area (Å²) in [5.41, 5.74) is 5.88. The Morgan fingerprint density at radius 3 is 2.08 bits per heavy atom. The highest BCUT2D eigenvalue weighted by atomic mass is 14.6. The summed E-state index contributed by atoms with van der Waals surface area (Å²) in [6.07, 6.45) is 7.13. The summed E-state index contributed by atoms with van der Waals surface area (Å²) in [6, 6.07) is 0.334. The lowest BCUT2D eigenvalue weighted by Crippen LogP contribution is -2.32. The van der Waals surface area contributed by atoms with Gasteiger partial charge in [-0.2, -0.15) is 0 Å². The van der Waals surface area contributed by atoms with Gasteiger partial charge in [0.1, 0.15) is 0 Å². The lowest BCUT2D eigenvalue weighted by molar-refractivity contribution is 0.245. The van der Waals surface area contributed by atoms with Crippen molar-refractivity contribution in [3.63, 3.8) is 0 Å². The molecule has 0 spiro atoms. The van der Waals surface area contributed by atoms with E-state index in [0.717, 1.165) is 11.8 Å². The summed E-state index contributed by atoms with van der Waals surface area (Å²) in [6.45, 7) is 6.73. The molecule has 1 nitrogen and oxygen atoms in total. The molecule has 3 unspecified atom stereocenters. The Morgan fingerprint density at radius 1 is 1.17 bits per heavy atom. The number of nitrogens with two attached hydrogens (primary N) is 1. The van der Waals surface area contributed by atoms with Crippen LogP contribution in [0, 0.1) is 17.8 Å². The lowest BCUT2D eigenvalue weighted by Gasteiger charge is -2.28. The van der Waals surface area contributed by atoms with E-state index < -0.39 is 0 Å². The zero-order valence-corrected chi connectivity index (χ0v) is 8.46. The Morgan fingerprint density at radius 2 is 1.67 bits per heavy atom. The van der Waals surface area contributed by atoms with Gasteiger partial charge in [-0.3, -0.25) is 0 Å². The molecule has 0 aromatic carbocycles. The van der Waals surface area contributed by atoms with Crippen molar-refractivity contribution < 1.29 is 0 Å². The van der Waals surface area contributed by atoms with Crippen LogP contribution in [0.3, 0.4) is 0 Å². The van der Waals surface area contributed by atoms with Crippen molar-refractivity contribution in [3.05, 3.63) is 12.2 Å². The standard InChI is InChI=1S/C11H21N/c1-8(10(3)12)9(2)11-6-4-5-7-11/h4-5,8-11H,6-7,12H2,1-3H3. The first-order chi connectivity index (χ1) is 5.63. The van der Waals surface area contributed by atoms with E-state index >= 15 is 0 Å². The van der Waals surface area contributed by atoms with Gasteiger partial charge < -0.3 is 5.73 Å². The van der Waals surface area contributed by atoms with Crippen LogP contribution < -0.4 is 5.73 Å². The topological polar surface area (TPSA) is 26.0 Å². The summed E-state index contributed by atoms with van der Waals surface area (Å²) >= 11 is 0. The molecule has 0 fully saturated rings. The third-order valence-corrected chi connectivity index (χ3v) is 3.45. The van der Waals surface area contributed by atoms with E-state index in [2.05, 4.69) is 32.9 Å². The zero-order chi connectivity index (χ0) is 9.14. The minimum Gasteiger partial charge on any atom is -0.328 e. The van der Waals surface area contributed by atoms with Crippen LogP contribution in [0.15, 0.2) is 12.2 Å². The van der Waals surface area contributed by atoms with E-state index in [4.69, 9.17) is 5.73 Å². The molecule has 0 aliphatic heterocycles. The monoisotopic (exact) mass is 167 g/mol. The fourth-order valence-corrected chi connectivity index (χ4v) is 1.98. The average Bonchev–Trinajstić information content (AvgIpc) is 2.53. The molecule has 0 bridgehead atoms. The van der Waals surface area contributed by atoms with E-state index in [-0.39, 0.29) is 0 Å². The van der Waals surface area contributed by atoms with Crippen molar-refractivity contribution >= 4 is 0 Å². The Balaban J connectivity index is 2.41. The second-order valence-electron chi connectivity index (χ2n) is 4.28. The van der Waals surface area contributed by atoms with Gasteiger partial charge in [-0.1, -0.05) is 26.0 Å². The van der Waals surface area contributed by atoms with E-state index in [1.165, 1.54) is 12.8 Å². The number of rotatable bonds is 3. The van der Waals surface area contributed by atoms with E-state index in [1.54, 1.807) is 0 Å². The molecular formula is C11H21N. The maximum Gasteiger partial charge on any atom is 0.00387 e. The molecule has 70 valence electrons. The summed E-state index contributed by atoms with van der Waals surface area (Å²) in [7, 11) is 0. The average molecular weight is 167 g/mol. The fraction of sp³-hybridized carbons (Fsp3) is 0.818. The predicted octanol–water partition coefficient (Wildman–Crippen LogP) is 2.57. The highest BCUT2D eigenvalue weighted by Gasteiger charge is 2.24. The SMILES string of the molecule is CC(N)C(C)C(C)C1CC=CC1. The highest BCUT2D eigenvalue weighted by molar-refractivity contribution is 4.96. The van der Waals surface area contributed by atoms with Crippen LogP contribution in [0.2, 0.25) is 0 Å². The molecule has 0 saturated carbocycles. The summed E-state index contributed by atoms with van der Waals surface area (Å²) in [5, 5.41) is 0. The molecule has 0 radical (unpaired) electrons. The van der Waals surface area contributed by atoms with Crippen molar-refractivity contribution in [1.82, 2.24) is 0 Å². The van der Waals surface area contributed by atoms with Gasteiger partial charge in [0.05, 0.1) is 0 Å². The zero-order valence-electron chi connectivity index (χ0n) is 8.46. The fourth-order valence-electron chi connectivity index (χ4n) is 1.98. The van der Waals surface area contributed by atoms with Crippen molar-refractivity contribution in [1.29, 1.82) is 0 Å². The van der Waals surface area contributed by atoms with E-state index in [1.807, 2.05) is 0 Å². The molecule has 1 heteroatoms. The summed E-state index contributed by atoms with van der Waals surface area (Å²) < 4.78 is 0. The molecule has 1 rings (SSSR count). The number of hydrogen-bond acceptors (Lipinski definition) is 1. The van der Waals surface area contributed by atoms with Crippen LogP contribution in [-0.4, -0.2) is 6.04 Å². The smallest absolute Gasteiger partial charge is 0.00387 e. The van der Waals surface area contributed by atoms with Crippen LogP contribution in [0.25, 0.3) is 0 Å². The molecule has 0 aromatic rings. The van der Waals surface area contributed by atoms with Gasteiger partial charge in [-0.05, 0) is 37.5 Å². The highest BCUT2D eigenvalue weighted by Crippen LogP contribution is 2.31. The summed E-state index contributed by atoms with van der Waals surface area (Å²) in [5.74, 6) is 2.26. The molecule has 12 heavy (non-hydrogen) atoms. The molecule has 0 saturated heterocycles. The van der Waals surface area contributed by atoms with Gasteiger partial charge in [-0.15, -0.1) is 0 Å². The van der Waals surface area contributed by atoms with Crippen LogP contribution in [-0.2, 0) is 0 Å². The molecule has 3 atom stereocenters. The number of hydrogen-bond donors (Lipinski definition) is 1. The van der Waals surface area contributed by atoms with Crippen LogP contribution in [0.5, 0.6) is 0 Å². The molecule has 0 amide bonds. The third-order valence-electron chi connectivity index (χ3n) is 3.45. The summed E-state index contributed by atoms with van der Waals surface area (Å²) in [4.78, 5) is 0. The van der Waals surface area contributed by atoms with Gasteiger partial charge >= 0.3 is 0 Å². The molecule has 1 aliphatic rings. The predicted molar refractivity (Wildman–Crippen MR) is 53.8 cm³/mol. The third kappa shape index (κ3) is 2.10. The quantitative estimate of drug-likeness (QED) is 0.642. The molecular weight excluding hydrogens is 146 g/mol. The minimum absolute atomic E-state index is 0.334. The lowest BCUT2D eigenvalue weighted by atomic mass is 9.79. The Hall–Kier alpha value is -0.300. The molecule has 0 aromatic heterocycles. The van der Waals surface area contributed by atoms with Crippen molar-refractivity contribution in [2.75, 3.05) is 0 Å². The normalized spacial score (nSPS) is 25.7. The maximum atomic E-state index is 5.88.